The first-order valence-corrected chi connectivity index (χ1v) is 13.0. The van der Waals surface area contributed by atoms with Crippen LogP contribution in [0, 0.1) is 23.1 Å². The Bertz CT molecular complexity index is 1270. The van der Waals surface area contributed by atoms with Gasteiger partial charge in [0.15, 0.2) is 9.84 Å². The largest absolute Gasteiger partial charge is 0.369 e. The van der Waals surface area contributed by atoms with Crippen molar-refractivity contribution in [2.24, 2.45) is 5.92 Å². The van der Waals surface area contributed by atoms with Gasteiger partial charge >= 0.3 is 0 Å². The summed E-state index contributed by atoms with van der Waals surface area (Å²) in [6.45, 7) is 0.757. The first-order chi connectivity index (χ1) is 15.8. The maximum Gasteiger partial charge on any atom is 0.175 e. The second kappa shape index (κ2) is 9.72. The van der Waals surface area contributed by atoms with E-state index in [0.29, 0.717) is 34.1 Å². The van der Waals surface area contributed by atoms with Crippen LogP contribution in [0.3, 0.4) is 0 Å². The van der Waals surface area contributed by atoms with Gasteiger partial charge < -0.3 is 5.32 Å². The van der Waals surface area contributed by atoms with Crippen molar-refractivity contribution in [1.82, 2.24) is 4.98 Å². The molecule has 3 aromatic rings. The average molecular weight is 464 g/mol. The number of nitriles is 1. The molecule has 7 heteroatoms. The van der Waals surface area contributed by atoms with Crippen molar-refractivity contribution in [3.05, 3.63) is 66.0 Å². The van der Waals surface area contributed by atoms with Gasteiger partial charge in [0, 0.05) is 23.9 Å². The Morgan fingerprint density at radius 2 is 1.67 bits per heavy atom. The van der Waals surface area contributed by atoms with Crippen LogP contribution < -0.4 is 5.32 Å². The van der Waals surface area contributed by atoms with E-state index in [4.69, 9.17) is 4.98 Å². The SMILES string of the molecule is CS(=O)(=O)c1ccc(-c2cc(C#N)c(NCC3CCCCC3)nc2-c2ccc(F)cc2)cc1. The Kier molecular flexibility index (Phi) is 6.75. The van der Waals surface area contributed by atoms with Crippen molar-refractivity contribution in [2.45, 2.75) is 37.0 Å². The number of rotatable bonds is 6. The van der Waals surface area contributed by atoms with Crippen LogP contribution in [0.2, 0.25) is 0 Å². The van der Waals surface area contributed by atoms with E-state index in [1.807, 2.05) is 0 Å². The van der Waals surface area contributed by atoms with Gasteiger partial charge in [0.25, 0.3) is 0 Å². The fourth-order valence-electron chi connectivity index (χ4n) is 4.30. The van der Waals surface area contributed by atoms with Crippen molar-refractivity contribution in [3.8, 4) is 28.5 Å². The van der Waals surface area contributed by atoms with Crippen LogP contribution in [0.5, 0.6) is 0 Å². The van der Waals surface area contributed by atoms with Crippen LogP contribution in [-0.4, -0.2) is 26.2 Å². The lowest BCUT2D eigenvalue weighted by molar-refractivity contribution is 0.373. The highest BCUT2D eigenvalue weighted by Crippen LogP contribution is 2.35. The van der Waals surface area contributed by atoms with Gasteiger partial charge in [-0.1, -0.05) is 31.4 Å². The molecule has 0 spiro atoms. The van der Waals surface area contributed by atoms with E-state index >= 15 is 0 Å². The third kappa shape index (κ3) is 5.40. The minimum atomic E-state index is -3.33. The van der Waals surface area contributed by atoms with Crippen LogP contribution in [-0.2, 0) is 9.84 Å². The lowest BCUT2D eigenvalue weighted by Gasteiger charge is -2.22. The molecule has 0 amide bonds. The van der Waals surface area contributed by atoms with Gasteiger partial charge in [0.1, 0.15) is 17.7 Å². The fraction of sp³-hybridized carbons (Fsp3) is 0.308. The molecule has 0 radical (unpaired) electrons. The molecule has 1 heterocycles. The Labute approximate surface area is 194 Å². The number of aromatic nitrogens is 1. The molecule has 0 atom stereocenters. The molecule has 0 aliphatic heterocycles. The van der Waals surface area contributed by atoms with Crippen molar-refractivity contribution >= 4 is 15.7 Å². The summed E-state index contributed by atoms with van der Waals surface area (Å²) in [7, 11) is -3.33. The third-order valence-electron chi connectivity index (χ3n) is 6.14. The maximum absolute atomic E-state index is 13.6. The lowest BCUT2D eigenvalue weighted by Crippen LogP contribution is -2.18. The summed E-state index contributed by atoms with van der Waals surface area (Å²) in [6, 6.07) is 16.6. The van der Waals surface area contributed by atoms with Crippen molar-refractivity contribution in [2.75, 3.05) is 18.1 Å². The van der Waals surface area contributed by atoms with Crippen LogP contribution in [0.4, 0.5) is 10.2 Å². The molecule has 33 heavy (non-hydrogen) atoms. The van der Waals surface area contributed by atoms with Crippen molar-refractivity contribution in [1.29, 1.82) is 5.26 Å². The van der Waals surface area contributed by atoms with Gasteiger partial charge in [-0.15, -0.1) is 0 Å². The molecular formula is C26H26FN3O2S. The van der Waals surface area contributed by atoms with Gasteiger partial charge in [-0.3, -0.25) is 0 Å². The topological polar surface area (TPSA) is 82.8 Å². The molecule has 5 nitrogen and oxygen atoms in total. The van der Waals surface area contributed by atoms with Crippen LogP contribution >= 0.6 is 0 Å². The zero-order valence-electron chi connectivity index (χ0n) is 18.5. The Morgan fingerprint density at radius 3 is 2.27 bits per heavy atom. The Hall–Kier alpha value is -3.24. The van der Waals surface area contributed by atoms with Gasteiger partial charge in [0.2, 0.25) is 0 Å². The zero-order valence-corrected chi connectivity index (χ0v) is 19.3. The lowest BCUT2D eigenvalue weighted by atomic mass is 9.89. The predicted octanol–water partition coefficient (Wildman–Crippen LogP) is 5.82. The number of hydrogen-bond donors (Lipinski definition) is 1. The average Bonchev–Trinajstić information content (AvgIpc) is 2.83. The number of hydrogen-bond acceptors (Lipinski definition) is 5. The number of pyridine rings is 1. The van der Waals surface area contributed by atoms with E-state index in [2.05, 4.69) is 11.4 Å². The Morgan fingerprint density at radius 1 is 1.03 bits per heavy atom. The van der Waals surface area contributed by atoms with Gasteiger partial charge in [-0.2, -0.15) is 5.26 Å². The molecule has 1 saturated carbocycles. The molecule has 1 aromatic heterocycles. The predicted molar refractivity (Wildman–Crippen MR) is 128 cm³/mol. The highest BCUT2D eigenvalue weighted by atomic mass is 32.2. The summed E-state index contributed by atoms with van der Waals surface area (Å²) >= 11 is 0. The molecule has 2 aromatic carbocycles. The number of benzene rings is 2. The molecule has 4 rings (SSSR count). The van der Waals surface area contributed by atoms with Crippen LogP contribution in [0.25, 0.3) is 22.4 Å². The van der Waals surface area contributed by atoms with Gasteiger partial charge in [-0.25, -0.2) is 17.8 Å². The molecule has 0 bridgehead atoms. The number of anilines is 1. The monoisotopic (exact) mass is 463 g/mol. The maximum atomic E-state index is 13.6. The first kappa shape index (κ1) is 22.9. The van der Waals surface area contributed by atoms with E-state index in [1.165, 1.54) is 44.2 Å². The molecule has 1 fully saturated rings. The molecule has 1 aliphatic carbocycles. The highest BCUT2D eigenvalue weighted by Gasteiger charge is 2.18. The van der Waals surface area contributed by atoms with E-state index in [0.717, 1.165) is 18.4 Å². The van der Waals surface area contributed by atoms with Gasteiger partial charge in [-0.05, 0) is 66.8 Å². The summed E-state index contributed by atoms with van der Waals surface area (Å²) in [5.41, 5.74) is 3.14. The summed E-state index contributed by atoms with van der Waals surface area (Å²) in [6.07, 6.45) is 7.24. The molecule has 1 N–H and O–H groups in total. The molecule has 0 saturated heterocycles. The minimum Gasteiger partial charge on any atom is -0.369 e. The van der Waals surface area contributed by atoms with Crippen molar-refractivity contribution in [3.63, 3.8) is 0 Å². The standard InChI is InChI=1S/C26H26FN3O2S/c1-33(31,32)23-13-9-19(10-14-23)24-15-21(16-28)26(29-17-18-5-3-2-4-6-18)30-25(24)20-7-11-22(27)12-8-20/h7-15,18H,2-6,17H2,1H3,(H,29,30). The smallest absolute Gasteiger partial charge is 0.175 e. The quantitative estimate of drug-likeness (QED) is 0.498. The minimum absolute atomic E-state index is 0.216. The number of nitrogens with one attached hydrogen (secondary N) is 1. The summed E-state index contributed by atoms with van der Waals surface area (Å²) in [4.78, 5) is 5.02. The van der Waals surface area contributed by atoms with E-state index in [-0.39, 0.29) is 10.7 Å². The first-order valence-electron chi connectivity index (χ1n) is 11.1. The Balaban J connectivity index is 1.77. The summed E-state index contributed by atoms with van der Waals surface area (Å²) in [5.74, 6) is 0.727. The zero-order chi connectivity index (χ0) is 23.4. The third-order valence-corrected chi connectivity index (χ3v) is 7.27. The normalized spacial score (nSPS) is 14.6. The highest BCUT2D eigenvalue weighted by molar-refractivity contribution is 7.90. The van der Waals surface area contributed by atoms with Gasteiger partial charge in [0.05, 0.1) is 16.2 Å². The van der Waals surface area contributed by atoms with E-state index in [1.54, 1.807) is 42.5 Å². The van der Waals surface area contributed by atoms with E-state index in [9.17, 15) is 18.1 Å². The molecule has 170 valence electrons. The number of nitrogens with zero attached hydrogens (tertiary/aromatic N) is 2. The molecular weight excluding hydrogens is 437 g/mol. The second-order valence-electron chi connectivity index (χ2n) is 8.58. The summed E-state index contributed by atoms with van der Waals surface area (Å²) < 4.78 is 37.3. The number of sulfone groups is 1. The fourth-order valence-corrected chi connectivity index (χ4v) is 4.93. The van der Waals surface area contributed by atoms with Crippen LogP contribution in [0.1, 0.15) is 37.7 Å². The molecule has 1 aliphatic rings. The molecule has 0 unspecified atom stereocenters. The van der Waals surface area contributed by atoms with Crippen LogP contribution in [0.15, 0.2) is 59.5 Å². The van der Waals surface area contributed by atoms with Crippen molar-refractivity contribution < 1.29 is 12.8 Å². The number of halogens is 1. The summed E-state index contributed by atoms with van der Waals surface area (Å²) in [5, 5.41) is 13.2. The van der Waals surface area contributed by atoms with E-state index < -0.39 is 9.84 Å². The second-order valence-corrected chi connectivity index (χ2v) is 10.6.